The number of hydrogen-bond acceptors (Lipinski definition) is 4. The summed E-state index contributed by atoms with van der Waals surface area (Å²) in [6.45, 7) is 7.65. The number of rotatable bonds is 5. The van der Waals surface area contributed by atoms with Crippen LogP contribution in [-0.2, 0) is 4.79 Å². The highest BCUT2D eigenvalue weighted by Gasteiger charge is 2.35. The van der Waals surface area contributed by atoms with Crippen LogP contribution in [0.1, 0.15) is 44.4 Å². The maximum atomic E-state index is 12.8. The third-order valence-electron chi connectivity index (χ3n) is 4.80. The molecule has 0 aromatic heterocycles. The number of carbonyl (C=O) groups excluding carboxylic acids is 1. The zero-order chi connectivity index (χ0) is 20.5. The third kappa shape index (κ3) is 4.53. The Balaban J connectivity index is 1.76. The molecule has 0 saturated carbocycles. The molecule has 1 aliphatic rings. The summed E-state index contributed by atoms with van der Waals surface area (Å²) in [7, 11) is 1.62. The molecule has 0 aliphatic carbocycles. The molecular formula is C22H26ClNO4. The van der Waals surface area contributed by atoms with Gasteiger partial charge in [0.15, 0.2) is 6.10 Å². The molecule has 28 heavy (non-hydrogen) atoms. The highest BCUT2D eigenvalue weighted by molar-refractivity contribution is 6.31. The number of halogens is 1. The first-order chi connectivity index (χ1) is 13.2. The van der Waals surface area contributed by atoms with E-state index in [4.69, 9.17) is 25.8 Å². The number of fused-ring (bicyclic) bond motifs is 1. The maximum Gasteiger partial charge on any atom is 0.261 e. The molecule has 0 saturated heterocycles. The van der Waals surface area contributed by atoms with Crippen molar-refractivity contribution in [3.8, 4) is 17.2 Å². The van der Waals surface area contributed by atoms with Crippen molar-refractivity contribution in [1.82, 2.24) is 5.32 Å². The minimum absolute atomic E-state index is 0.191. The van der Waals surface area contributed by atoms with Gasteiger partial charge in [0.1, 0.15) is 22.8 Å². The number of amides is 1. The van der Waals surface area contributed by atoms with Crippen molar-refractivity contribution in [3.63, 3.8) is 0 Å². The summed E-state index contributed by atoms with van der Waals surface area (Å²) < 4.78 is 17.2. The predicted molar refractivity (Wildman–Crippen MR) is 109 cm³/mol. The van der Waals surface area contributed by atoms with E-state index in [2.05, 4.69) is 5.32 Å². The second kappa shape index (κ2) is 7.92. The zero-order valence-electron chi connectivity index (χ0n) is 16.8. The Morgan fingerprint density at radius 3 is 2.64 bits per heavy atom. The average Bonchev–Trinajstić information content (AvgIpc) is 2.63. The van der Waals surface area contributed by atoms with Crippen molar-refractivity contribution in [2.75, 3.05) is 7.11 Å². The van der Waals surface area contributed by atoms with E-state index in [1.165, 1.54) is 0 Å². The summed E-state index contributed by atoms with van der Waals surface area (Å²) in [6, 6.07) is 10.8. The summed E-state index contributed by atoms with van der Waals surface area (Å²) in [5, 5.41) is 3.77. The van der Waals surface area contributed by atoms with Gasteiger partial charge in [-0.2, -0.15) is 0 Å². The van der Waals surface area contributed by atoms with Crippen molar-refractivity contribution in [3.05, 3.63) is 52.5 Å². The van der Waals surface area contributed by atoms with Crippen LogP contribution < -0.4 is 19.5 Å². The number of carbonyl (C=O) groups is 1. The highest BCUT2D eigenvalue weighted by atomic mass is 35.5. The van der Waals surface area contributed by atoms with Gasteiger partial charge in [0.25, 0.3) is 5.91 Å². The molecule has 2 atom stereocenters. The van der Waals surface area contributed by atoms with E-state index >= 15 is 0 Å². The smallest absolute Gasteiger partial charge is 0.261 e. The molecule has 0 bridgehead atoms. The fourth-order valence-corrected chi connectivity index (χ4v) is 3.44. The van der Waals surface area contributed by atoms with Gasteiger partial charge in [0.05, 0.1) is 13.2 Å². The standard InChI is InChI=1S/C22H26ClNO4/c1-13-10-16(6-8-18(13)23)27-14(2)21(25)24-19-12-22(3,4)28-20-9-7-15(26-5)11-17(19)20/h6-11,14,19H,12H2,1-5H3,(H,24,25)/t14-,19+/m1/s1. The van der Waals surface area contributed by atoms with Gasteiger partial charge in [-0.15, -0.1) is 0 Å². The molecule has 0 unspecified atom stereocenters. The number of nitrogens with one attached hydrogen (secondary N) is 1. The van der Waals surface area contributed by atoms with Gasteiger partial charge in [0.2, 0.25) is 0 Å². The Bertz CT molecular complexity index is 881. The van der Waals surface area contributed by atoms with Gasteiger partial charge < -0.3 is 19.5 Å². The van der Waals surface area contributed by atoms with Crippen molar-refractivity contribution in [1.29, 1.82) is 0 Å². The molecule has 5 nitrogen and oxygen atoms in total. The van der Waals surface area contributed by atoms with E-state index in [-0.39, 0.29) is 11.9 Å². The summed E-state index contributed by atoms with van der Waals surface area (Å²) in [5.41, 5.74) is 1.41. The lowest BCUT2D eigenvalue weighted by Gasteiger charge is -2.38. The molecule has 1 heterocycles. The molecular weight excluding hydrogens is 378 g/mol. The first-order valence-electron chi connectivity index (χ1n) is 9.28. The van der Waals surface area contributed by atoms with E-state index in [9.17, 15) is 4.79 Å². The first-order valence-corrected chi connectivity index (χ1v) is 9.66. The van der Waals surface area contributed by atoms with Crippen molar-refractivity contribution < 1.29 is 19.0 Å². The van der Waals surface area contributed by atoms with Crippen LogP contribution >= 0.6 is 11.6 Å². The molecule has 1 aliphatic heterocycles. The third-order valence-corrected chi connectivity index (χ3v) is 5.23. The second-order valence-electron chi connectivity index (χ2n) is 7.70. The summed E-state index contributed by atoms with van der Waals surface area (Å²) in [5.74, 6) is 1.90. The van der Waals surface area contributed by atoms with Crippen LogP contribution in [0.25, 0.3) is 0 Å². The predicted octanol–water partition coefficient (Wildman–Crippen LogP) is 4.84. The van der Waals surface area contributed by atoms with Gasteiger partial charge in [-0.3, -0.25) is 4.79 Å². The zero-order valence-corrected chi connectivity index (χ0v) is 17.6. The van der Waals surface area contributed by atoms with Gasteiger partial charge in [-0.1, -0.05) is 11.6 Å². The molecule has 0 spiro atoms. The minimum atomic E-state index is -0.652. The van der Waals surface area contributed by atoms with Crippen molar-refractivity contribution >= 4 is 17.5 Å². The number of ether oxygens (including phenoxy) is 3. The van der Waals surface area contributed by atoms with Gasteiger partial charge in [0, 0.05) is 17.0 Å². The van der Waals surface area contributed by atoms with Crippen LogP contribution in [0, 0.1) is 6.92 Å². The lowest BCUT2D eigenvalue weighted by atomic mass is 9.89. The Hall–Kier alpha value is -2.40. The topological polar surface area (TPSA) is 56.8 Å². The summed E-state index contributed by atoms with van der Waals surface area (Å²) in [4.78, 5) is 12.8. The Morgan fingerprint density at radius 1 is 1.25 bits per heavy atom. The monoisotopic (exact) mass is 403 g/mol. The molecule has 2 aromatic rings. The lowest BCUT2D eigenvalue weighted by Crippen LogP contribution is -2.44. The van der Waals surface area contributed by atoms with E-state index < -0.39 is 11.7 Å². The van der Waals surface area contributed by atoms with Crippen LogP contribution in [0.15, 0.2) is 36.4 Å². The van der Waals surface area contributed by atoms with Gasteiger partial charge in [-0.05, 0) is 69.7 Å². The molecule has 1 amide bonds. The van der Waals surface area contributed by atoms with Crippen LogP contribution in [-0.4, -0.2) is 24.7 Å². The SMILES string of the molecule is COc1ccc2c(c1)[C@@H](NC(=O)[C@@H](C)Oc1ccc(Cl)c(C)c1)CC(C)(C)O2. The van der Waals surface area contributed by atoms with Crippen LogP contribution in [0.5, 0.6) is 17.2 Å². The van der Waals surface area contributed by atoms with Gasteiger partial charge in [-0.25, -0.2) is 0 Å². The molecule has 3 rings (SSSR count). The largest absolute Gasteiger partial charge is 0.497 e. The van der Waals surface area contributed by atoms with Crippen LogP contribution in [0.4, 0.5) is 0 Å². The first kappa shape index (κ1) is 20.3. The number of hydrogen-bond donors (Lipinski definition) is 1. The van der Waals surface area contributed by atoms with E-state index in [0.29, 0.717) is 17.2 Å². The van der Waals surface area contributed by atoms with Crippen LogP contribution in [0.2, 0.25) is 5.02 Å². The number of aryl methyl sites for hydroxylation is 1. The molecule has 2 aromatic carbocycles. The second-order valence-corrected chi connectivity index (χ2v) is 8.11. The lowest BCUT2D eigenvalue weighted by molar-refractivity contribution is -0.128. The molecule has 0 radical (unpaired) electrons. The van der Waals surface area contributed by atoms with Crippen molar-refractivity contribution in [2.45, 2.75) is 51.9 Å². The summed E-state index contributed by atoms with van der Waals surface area (Å²) in [6.07, 6.45) is -0.00771. The quantitative estimate of drug-likeness (QED) is 0.775. The molecule has 150 valence electrons. The van der Waals surface area contributed by atoms with E-state index in [1.54, 1.807) is 26.2 Å². The van der Waals surface area contributed by atoms with E-state index in [1.807, 2.05) is 45.0 Å². The Labute approximate surface area is 170 Å². The van der Waals surface area contributed by atoms with Crippen LogP contribution in [0.3, 0.4) is 0 Å². The molecule has 1 N–H and O–H groups in total. The summed E-state index contributed by atoms with van der Waals surface area (Å²) >= 11 is 6.05. The fraction of sp³-hybridized carbons (Fsp3) is 0.409. The van der Waals surface area contributed by atoms with Gasteiger partial charge >= 0.3 is 0 Å². The van der Waals surface area contributed by atoms with E-state index in [0.717, 1.165) is 22.6 Å². The highest BCUT2D eigenvalue weighted by Crippen LogP contribution is 2.41. The van der Waals surface area contributed by atoms with Crippen molar-refractivity contribution in [2.24, 2.45) is 0 Å². The average molecular weight is 404 g/mol. The normalized spacial score (nSPS) is 18.4. The molecule has 0 fully saturated rings. The Morgan fingerprint density at radius 2 is 1.96 bits per heavy atom. The molecule has 6 heteroatoms. The number of benzene rings is 2. The fourth-order valence-electron chi connectivity index (χ4n) is 3.33. The minimum Gasteiger partial charge on any atom is -0.497 e. The number of methoxy groups -OCH3 is 1. The Kier molecular flexibility index (Phi) is 5.75. The maximum absolute atomic E-state index is 12.8.